The van der Waals surface area contributed by atoms with Crippen LogP contribution in [0.5, 0.6) is 5.75 Å². The maximum atomic E-state index is 12.6. The summed E-state index contributed by atoms with van der Waals surface area (Å²) < 4.78 is 0. The number of carbonyl (C=O) groups is 1. The number of nitrogens with zero attached hydrogens (tertiary/aromatic N) is 1. The summed E-state index contributed by atoms with van der Waals surface area (Å²) in [7, 11) is 0. The van der Waals surface area contributed by atoms with Crippen LogP contribution in [0.2, 0.25) is 0 Å². The lowest BCUT2D eigenvalue weighted by Crippen LogP contribution is -2.35. The Hall–Kier alpha value is -2.33. The second-order valence-electron chi connectivity index (χ2n) is 6.21. The highest BCUT2D eigenvalue weighted by Crippen LogP contribution is 2.14. The quantitative estimate of drug-likeness (QED) is 0.783. The third-order valence-corrected chi connectivity index (χ3v) is 3.98. The SMILES string of the molecule is C[C@@H](CO)CN(Cc1ccccc1)C(=O)CCc1ccc(O)cc1. The van der Waals surface area contributed by atoms with Gasteiger partial charge in [0.15, 0.2) is 0 Å². The maximum Gasteiger partial charge on any atom is 0.223 e. The van der Waals surface area contributed by atoms with Crippen molar-refractivity contribution in [3.05, 3.63) is 65.7 Å². The molecule has 1 amide bonds. The van der Waals surface area contributed by atoms with Crippen molar-refractivity contribution >= 4 is 5.91 Å². The summed E-state index contributed by atoms with van der Waals surface area (Å²) in [6.07, 6.45) is 1.05. The lowest BCUT2D eigenvalue weighted by Gasteiger charge is -2.25. The number of benzene rings is 2. The van der Waals surface area contributed by atoms with Gasteiger partial charge in [-0.15, -0.1) is 0 Å². The summed E-state index contributed by atoms with van der Waals surface area (Å²) in [4.78, 5) is 14.5. The minimum absolute atomic E-state index is 0.0475. The zero-order valence-corrected chi connectivity index (χ0v) is 14.1. The first kappa shape index (κ1) is 18.0. The lowest BCUT2D eigenvalue weighted by atomic mass is 10.1. The highest BCUT2D eigenvalue weighted by Gasteiger charge is 2.16. The van der Waals surface area contributed by atoms with E-state index in [1.807, 2.05) is 54.3 Å². The highest BCUT2D eigenvalue weighted by molar-refractivity contribution is 5.76. The van der Waals surface area contributed by atoms with Gasteiger partial charge in [-0.05, 0) is 35.6 Å². The van der Waals surface area contributed by atoms with E-state index in [0.717, 1.165) is 11.1 Å². The molecule has 24 heavy (non-hydrogen) atoms. The molecule has 0 aliphatic carbocycles. The van der Waals surface area contributed by atoms with Crippen LogP contribution in [0.3, 0.4) is 0 Å². The predicted octanol–water partition coefficient (Wildman–Crippen LogP) is 2.98. The molecule has 2 N–H and O–H groups in total. The molecule has 2 aromatic rings. The number of carbonyl (C=O) groups excluding carboxylic acids is 1. The lowest BCUT2D eigenvalue weighted by molar-refractivity contribution is -0.132. The predicted molar refractivity (Wildman–Crippen MR) is 94.5 cm³/mol. The van der Waals surface area contributed by atoms with E-state index in [2.05, 4.69) is 0 Å². The standard InChI is InChI=1S/C20H25NO3/c1-16(15-22)13-21(14-18-5-3-2-4-6-18)20(24)12-9-17-7-10-19(23)11-8-17/h2-8,10-11,16,22-23H,9,12-15H2,1H3/t16-/m1/s1. The molecule has 0 aliphatic rings. The van der Waals surface area contributed by atoms with Gasteiger partial charge in [-0.1, -0.05) is 49.4 Å². The number of rotatable bonds is 8. The molecule has 0 saturated carbocycles. The number of aliphatic hydroxyl groups is 1. The van der Waals surface area contributed by atoms with Crippen molar-refractivity contribution in [3.8, 4) is 5.75 Å². The number of amides is 1. The van der Waals surface area contributed by atoms with E-state index in [4.69, 9.17) is 0 Å². The van der Waals surface area contributed by atoms with Gasteiger partial charge >= 0.3 is 0 Å². The van der Waals surface area contributed by atoms with E-state index in [0.29, 0.717) is 25.9 Å². The van der Waals surface area contributed by atoms with E-state index in [1.165, 1.54) is 0 Å². The molecule has 0 fully saturated rings. The number of phenols is 1. The third-order valence-electron chi connectivity index (χ3n) is 3.98. The summed E-state index contributed by atoms with van der Waals surface area (Å²) in [5, 5.41) is 18.6. The van der Waals surface area contributed by atoms with E-state index < -0.39 is 0 Å². The van der Waals surface area contributed by atoms with E-state index >= 15 is 0 Å². The fourth-order valence-corrected chi connectivity index (χ4v) is 2.56. The molecule has 0 unspecified atom stereocenters. The minimum Gasteiger partial charge on any atom is -0.508 e. The average molecular weight is 327 g/mol. The molecule has 2 rings (SSSR count). The average Bonchev–Trinajstić information content (AvgIpc) is 2.61. The van der Waals surface area contributed by atoms with Gasteiger partial charge in [0, 0.05) is 26.1 Å². The van der Waals surface area contributed by atoms with Crippen molar-refractivity contribution in [1.29, 1.82) is 0 Å². The fourth-order valence-electron chi connectivity index (χ4n) is 2.56. The van der Waals surface area contributed by atoms with Gasteiger partial charge in [0.05, 0.1) is 0 Å². The Labute approximate surface area is 143 Å². The number of hydrogen-bond donors (Lipinski definition) is 2. The molecule has 0 saturated heterocycles. The first-order valence-electron chi connectivity index (χ1n) is 8.29. The number of phenolic OH excluding ortho intramolecular Hbond substituents is 1. The number of aromatic hydroxyl groups is 1. The molecule has 0 bridgehead atoms. The molecule has 0 heterocycles. The normalized spacial score (nSPS) is 11.9. The third kappa shape index (κ3) is 5.70. The van der Waals surface area contributed by atoms with Gasteiger partial charge in [0.2, 0.25) is 5.91 Å². The van der Waals surface area contributed by atoms with Crippen molar-refractivity contribution in [3.63, 3.8) is 0 Å². The molecule has 2 aromatic carbocycles. The van der Waals surface area contributed by atoms with E-state index in [-0.39, 0.29) is 24.2 Å². The van der Waals surface area contributed by atoms with Gasteiger partial charge in [-0.3, -0.25) is 4.79 Å². The van der Waals surface area contributed by atoms with Crippen LogP contribution in [0.15, 0.2) is 54.6 Å². The summed E-state index contributed by atoms with van der Waals surface area (Å²) in [6, 6.07) is 16.8. The Morgan fingerprint density at radius 3 is 2.33 bits per heavy atom. The Morgan fingerprint density at radius 1 is 1.04 bits per heavy atom. The smallest absolute Gasteiger partial charge is 0.223 e. The number of aliphatic hydroxyl groups excluding tert-OH is 1. The van der Waals surface area contributed by atoms with Crippen LogP contribution >= 0.6 is 0 Å². The van der Waals surface area contributed by atoms with Crippen molar-refractivity contribution in [2.24, 2.45) is 5.92 Å². The molecule has 0 spiro atoms. The molecular weight excluding hydrogens is 302 g/mol. The molecule has 128 valence electrons. The second-order valence-corrected chi connectivity index (χ2v) is 6.21. The largest absolute Gasteiger partial charge is 0.508 e. The Morgan fingerprint density at radius 2 is 1.71 bits per heavy atom. The van der Waals surface area contributed by atoms with Gasteiger partial charge in [-0.2, -0.15) is 0 Å². The van der Waals surface area contributed by atoms with Crippen molar-refractivity contribution in [1.82, 2.24) is 4.90 Å². The van der Waals surface area contributed by atoms with Gasteiger partial charge in [0.1, 0.15) is 5.75 Å². The first-order chi connectivity index (χ1) is 11.6. The Bertz CT molecular complexity index is 625. The zero-order chi connectivity index (χ0) is 17.4. The van der Waals surface area contributed by atoms with E-state index in [9.17, 15) is 15.0 Å². The fraction of sp³-hybridized carbons (Fsp3) is 0.350. The second kappa shape index (κ2) is 9.08. The zero-order valence-electron chi connectivity index (χ0n) is 14.1. The van der Waals surface area contributed by atoms with Crippen LogP contribution in [-0.2, 0) is 17.8 Å². The highest BCUT2D eigenvalue weighted by atomic mass is 16.3. The number of hydrogen-bond acceptors (Lipinski definition) is 3. The van der Waals surface area contributed by atoms with Crippen molar-refractivity contribution < 1.29 is 15.0 Å². The number of aryl methyl sites for hydroxylation is 1. The van der Waals surface area contributed by atoms with Crippen LogP contribution in [0.4, 0.5) is 0 Å². The van der Waals surface area contributed by atoms with Crippen LogP contribution in [0.25, 0.3) is 0 Å². The van der Waals surface area contributed by atoms with Crippen LogP contribution < -0.4 is 0 Å². The van der Waals surface area contributed by atoms with Crippen LogP contribution in [0.1, 0.15) is 24.5 Å². The van der Waals surface area contributed by atoms with Gasteiger partial charge < -0.3 is 15.1 Å². The van der Waals surface area contributed by atoms with E-state index in [1.54, 1.807) is 12.1 Å². The summed E-state index contributed by atoms with van der Waals surface area (Å²) in [5.74, 6) is 0.353. The Balaban J connectivity index is 1.99. The van der Waals surface area contributed by atoms with Crippen LogP contribution in [-0.4, -0.2) is 34.2 Å². The molecule has 4 nitrogen and oxygen atoms in total. The molecule has 0 aliphatic heterocycles. The van der Waals surface area contributed by atoms with Crippen LogP contribution in [0, 0.1) is 5.92 Å². The Kier molecular flexibility index (Phi) is 6.82. The first-order valence-corrected chi connectivity index (χ1v) is 8.29. The minimum atomic E-state index is 0.0475. The van der Waals surface area contributed by atoms with Gasteiger partial charge in [-0.25, -0.2) is 0 Å². The maximum absolute atomic E-state index is 12.6. The summed E-state index contributed by atoms with van der Waals surface area (Å²) in [6.45, 7) is 3.10. The molecule has 0 radical (unpaired) electrons. The van der Waals surface area contributed by atoms with Gasteiger partial charge in [0.25, 0.3) is 0 Å². The molecular formula is C20H25NO3. The monoisotopic (exact) mass is 327 g/mol. The molecule has 0 aromatic heterocycles. The summed E-state index contributed by atoms with van der Waals surface area (Å²) >= 11 is 0. The van der Waals surface area contributed by atoms with Crippen molar-refractivity contribution in [2.75, 3.05) is 13.2 Å². The topological polar surface area (TPSA) is 60.8 Å². The molecule has 1 atom stereocenters. The summed E-state index contributed by atoms with van der Waals surface area (Å²) in [5.41, 5.74) is 2.11. The van der Waals surface area contributed by atoms with Crippen molar-refractivity contribution in [2.45, 2.75) is 26.3 Å². The molecule has 4 heteroatoms.